The summed E-state index contributed by atoms with van der Waals surface area (Å²) in [4.78, 5) is 10.7. The number of ether oxygens (including phenoxy) is 3. The van der Waals surface area contributed by atoms with E-state index in [1.165, 1.54) is 6.92 Å². The van der Waals surface area contributed by atoms with Gasteiger partial charge in [-0.2, -0.15) is 0 Å². The van der Waals surface area contributed by atoms with Crippen LogP contribution in [0.25, 0.3) is 0 Å². The van der Waals surface area contributed by atoms with Crippen LogP contribution in [0.15, 0.2) is 12.2 Å². The van der Waals surface area contributed by atoms with Gasteiger partial charge in [0.05, 0.1) is 6.61 Å². The van der Waals surface area contributed by atoms with Gasteiger partial charge in [-0.05, 0) is 18.8 Å². The van der Waals surface area contributed by atoms with E-state index >= 15 is 0 Å². The largest absolute Gasteiger partial charge is 0.463 e. The summed E-state index contributed by atoms with van der Waals surface area (Å²) in [6.45, 7) is 4.44. The Labute approximate surface area is 102 Å². The van der Waals surface area contributed by atoms with E-state index in [4.69, 9.17) is 14.2 Å². The number of rotatable bonds is 3. The summed E-state index contributed by atoms with van der Waals surface area (Å²) in [6, 6.07) is 0. The van der Waals surface area contributed by atoms with Gasteiger partial charge in [0.2, 0.25) is 0 Å². The molecule has 1 heterocycles. The third-order valence-electron chi connectivity index (χ3n) is 3.41. The minimum absolute atomic E-state index is 0.109. The van der Waals surface area contributed by atoms with Crippen molar-refractivity contribution in [2.24, 2.45) is 11.8 Å². The normalized spacial score (nSPS) is 37.1. The summed E-state index contributed by atoms with van der Waals surface area (Å²) in [7, 11) is 0. The molecule has 4 atom stereocenters. The molecule has 0 aromatic heterocycles. The number of allylic oxidation sites excluding steroid dienone is 2. The summed E-state index contributed by atoms with van der Waals surface area (Å²) in [5.41, 5.74) is 0. The van der Waals surface area contributed by atoms with Crippen LogP contribution in [0.5, 0.6) is 0 Å². The van der Waals surface area contributed by atoms with Gasteiger partial charge in [0.15, 0.2) is 6.29 Å². The van der Waals surface area contributed by atoms with Gasteiger partial charge in [-0.15, -0.1) is 0 Å². The zero-order valence-corrected chi connectivity index (χ0v) is 10.4. The van der Waals surface area contributed by atoms with Crippen molar-refractivity contribution in [3.05, 3.63) is 12.2 Å². The Kier molecular flexibility index (Phi) is 4.18. The maximum Gasteiger partial charge on any atom is 0.302 e. The first-order chi connectivity index (χ1) is 8.16. The Morgan fingerprint density at radius 3 is 2.88 bits per heavy atom. The third kappa shape index (κ3) is 3.30. The summed E-state index contributed by atoms with van der Waals surface area (Å²) in [5, 5.41) is 0. The highest BCUT2D eigenvalue weighted by Gasteiger charge is 2.35. The number of hydrogen-bond acceptors (Lipinski definition) is 4. The van der Waals surface area contributed by atoms with Gasteiger partial charge < -0.3 is 14.2 Å². The lowest BCUT2D eigenvalue weighted by molar-refractivity contribution is -0.148. The Balaban J connectivity index is 1.80. The number of carbonyl (C=O) groups excluding carboxylic acids is 1. The van der Waals surface area contributed by atoms with Crippen LogP contribution in [0.3, 0.4) is 0 Å². The molecule has 2 aliphatic rings. The van der Waals surface area contributed by atoms with Crippen molar-refractivity contribution < 1.29 is 19.0 Å². The van der Waals surface area contributed by atoms with Gasteiger partial charge in [-0.3, -0.25) is 4.79 Å². The minimum Gasteiger partial charge on any atom is -0.463 e. The Morgan fingerprint density at radius 1 is 1.41 bits per heavy atom. The average Bonchev–Trinajstić information content (AvgIpc) is 2.75. The van der Waals surface area contributed by atoms with Crippen molar-refractivity contribution in [1.29, 1.82) is 0 Å². The SMILES string of the molecule is CC(=O)OC[C@H]1CO[C@@H]([C@@H]2CC=CC[C@@H]2C)O1. The number of esters is 1. The Bertz CT molecular complexity index is 300. The highest BCUT2D eigenvalue weighted by molar-refractivity contribution is 5.65. The fraction of sp³-hybridized carbons (Fsp3) is 0.769. The van der Waals surface area contributed by atoms with Crippen molar-refractivity contribution in [1.82, 2.24) is 0 Å². The van der Waals surface area contributed by atoms with E-state index in [0.29, 0.717) is 25.0 Å². The second kappa shape index (κ2) is 5.65. The average molecular weight is 240 g/mol. The maximum absolute atomic E-state index is 10.7. The van der Waals surface area contributed by atoms with Crippen molar-refractivity contribution in [3.63, 3.8) is 0 Å². The third-order valence-corrected chi connectivity index (χ3v) is 3.41. The van der Waals surface area contributed by atoms with Crippen LogP contribution in [0.2, 0.25) is 0 Å². The molecule has 96 valence electrons. The molecule has 0 amide bonds. The van der Waals surface area contributed by atoms with E-state index in [1.807, 2.05) is 0 Å². The molecule has 0 unspecified atom stereocenters. The summed E-state index contributed by atoms with van der Waals surface area (Å²) in [6.07, 6.45) is 6.25. The predicted octanol–water partition coefficient (Wildman–Crippen LogP) is 1.89. The first kappa shape index (κ1) is 12.6. The number of hydrogen-bond donors (Lipinski definition) is 0. The molecule has 0 spiro atoms. The molecule has 0 aromatic carbocycles. The van der Waals surface area contributed by atoms with Gasteiger partial charge >= 0.3 is 5.97 Å². The van der Waals surface area contributed by atoms with Crippen LogP contribution in [-0.2, 0) is 19.0 Å². The van der Waals surface area contributed by atoms with Gasteiger partial charge in [0.1, 0.15) is 12.7 Å². The van der Waals surface area contributed by atoms with E-state index in [1.54, 1.807) is 0 Å². The predicted molar refractivity (Wildman–Crippen MR) is 62.3 cm³/mol. The minimum atomic E-state index is -0.272. The molecule has 17 heavy (non-hydrogen) atoms. The molecule has 1 fully saturated rings. The maximum atomic E-state index is 10.7. The monoisotopic (exact) mass is 240 g/mol. The quantitative estimate of drug-likeness (QED) is 0.558. The molecule has 4 nitrogen and oxygen atoms in total. The molecule has 1 aliphatic carbocycles. The second-order valence-corrected chi connectivity index (χ2v) is 4.85. The first-order valence-electron chi connectivity index (χ1n) is 6.22. The molecular weight excluding hydrogens is 220 g/mol. The van der Waals surface area contributed by atoms with Crippen LogP contribution in [0.1, 0.15) is 26.7 Å². The topological polar surface area (TPSA) is 44.8 Å². The van der Waals surface area contributed by atoms with Gasteiger partial charge in [0, 0.05) is 12.8 Å². The lowest BCUT2D eigenvalue weighted by atomic mass is 9.84. The lowest BCUT2D eigenvalue weighted by Crippen LogP contribution is -2.29. The van der Waals surface area contributed by atoms with Crippen molar-refractivity contribution in [2.45, 2.75) is 39.1 Å². The molecule has 0 saturated carbocycles. The molecule has 0 aromatic rings. The highest BCUT2D eigenvalue weighted by atomic mass is 16.7. The van der Waals surface area contributed by atoms with Crippen LogP contribution in [0, 0.1) is 11.8 Å². The summed E-state index contributed by atoms with van der Waals surface area (Å²) in [5.74, 6) is 0.728. The van der Waals surface area contributed by atoms with Crippen LogP contribution in [0.4, 0.5) is 0 Å². The standard InChI is InChI=1S/C13H20O4/c1-9-5-3-4-6-12(9)13-16-8-11(17-13)7-15-10(2)14/h3-4,9,11-13H,5-8H2,1-2H3/t9-,11-,12+,13+/m0/s1. The zero-order chi connectivity index (χ0) is 12.3. The fourth-order valence-electron chi connectivity index (χ4n) is 2.34. The summed E-state index contributed by atoms with van der Waals surface area (Å²) >= 11 is 0. The lowest BCUT2D eigenvalue weighted by Gasteiger charge is -2.29. The first-order valence-corrected chi connectivity index (χ1v) is 6.22. The molecule has 0 N–H and O–H groups in total. The van der Waals surface area contributed by atoms with Crippen molar-refractivity contribution in [2.75, 3.05) is 13.2 Å². The van der Waals surface area contributed by atoms with Gasteiger partial charge in [0.25, 0.3) is 0 Å². The van der Waals surface area contributed by atoms with Crippen molar-refractivity contribution >= 4 is 5.97 Å². The van der Waals surface area contributed by atoms with E-state index < -0.39 is 0 Å². The van der Waals surface area contributed by atoms with E-state index in [2.05, 4.69) is 19.1 Å². The van der Waals surface area contributed by atoms with Crippen molar-refractivity contribution in [3.8, 4) is 0 Å². The fourth-order valence-corrected chi connectivity index (χ4v) is 2.34. The Morgan fingerprint density at radius 2 is 2.18 bits per heavy atom. The van der Waals surface area contributed by atoms with Gasteiger partial charge in [-0.1, -0.05) is 19.1 Å². The smallest absolute Gasteiger partial charge is 0.302 e. The number of carbonyl (C=O) groups is 1. The Hall–Kier alpha value is -0.870. The van der Waals surface area contributed by atoms with Crippen LogP contribution in [-0.4, -0.2) is 31.6 Å². The van der Waals surface area contributed by atoms with E-state index in [9.17, 15) is 4.79 Å². The summed E-state index contributed by atoms with van der Waals surface area (Å²) < 4.78 is 16.4. The van der Waals surface area contributed by atoms with Crippen LogP contribution < -0.4 is 0 Å². The van der Waals surface area contributed by atoms with Gasteiger partial charge in [-0.25, -0.2) is 0 Å². The van der Waals surface area contributed by atoms with E-state index in [0.717, 1.165) is 12.8 Å². The highest BCUT2D eigenvalue weighted by Crippen LogP contribution is 2.32. The molecular formula is C13H20O4. The molecule has 4 heteroatoms. The molecule has 1 saturated heterocycles. The molecule has 2 rings (SSSR count). The van der Waals surface area contributed by atoms with Crippen LogP contribution >= 0.6 is 0 Å². The molecule has 1 aliphatic heterocycles. The molecule has 0 radical (unpaired) electrons. The zero-order valence-electron chi connectivity index (χ0n) is 10.4. The second-order valence-electron chi connectivity index (χ2n) is 4.85. The van der Waals surface area contributed by atoms with E-state index in [-0.39, 0.29) is 18.4 Å². The molecule has 0 bridgehead atoms.